The third kappa shape index (κ3) is 5.94. The summed E-state index contributed by atoms with van der Waals surface area (Å²) in [6.07, 6.45) is -0.0600. The Balaban J connectivity index is 1.49. The first-order valence-electron chi connectivity index (χ1n) is 12.0. The third-order valence-electron chi connectivity index (χ3n) is 6.23. The molecular weight excluding hydrogens is 488 g/mol. The Bertz CT molecular complexity index is 1280. The van der Waals surface area contributed by atoms with Crippen LogP contribution in [0.5, 0.6) is 0 Å². The minimum absolute atomic E-state index is 0.130. The van der Waals surface area contributed by atoms with Gasteiger partial charge in [0.15, 0.2) is 5.11 Å². The molecule has 36 heavy (non-hydrogen) atoms. The highest BCUT2D eigenvalue weighted by Gasteiger charge is 2.30. The van der Waals surface area contributed by atoms with Gasteiger partial charge in [0.2, 0.25) is 6.17 Å². The molecule has 1 aliphatic rings. The second kappa shape index (κ2) is 10.8. The van der Waals surface area contributed by atoms with E-state index >= 15 is 0 Å². The van der Waals surface area contributed by atoms with Crippen molar-refractivity contribution in [1.82, 2.24) is 10.6 Å². The fraction of sp³-hybridized carbons (Fsp3) is 0.276. The van der Waals surface area contributed by atoms with Crippen LogP contribution < -0.4 is 15.5 Å². The average molecular weight is 519 g/mol. The predicted octanol–water partition coefficient (Wildman–Crippen LogP) is 5.48. The highest BCUT2D eigenvalue weighted by atomic mass is 35.5. The monoisotopic (exact) mass is 518 g/mol. The Labute approximate surface area is 223 Å². The highest BCUT2D eigenvalue weighted by Crippen LogP contribution is 2.30. The van der Waals surface area contributed by atoms with Crippen LogP contribution in [0.4, 0.5) is 5.69 Å². The van der Waals surface area contributed by atoms with Gasteiger partial charge in [-0.3, -0.25) is 4.79 Å². The molecule has 0 fully saturated rings. The Morgan fingerprint density at radius 3 is 2.42 bits per heavy atom. The summed E-state index contributed by atoms with van der Waals surface area (Å²) in [5, 5.41) is 7.30. The number of likely N-dealkylation sites (N-methyl/N-ethyl adjacent to an activating group) is 1. The second-order valence-corrected chi connectivity index (χ2v) is 10.7. The van der Waals surface area contributed by atoms with Gasteiger partial charge in [-0.05, 0) is 53.4 Å². The van der Waals surface area contributed by atoms with Gasteiger partial charge in [0.1, 0.15) is 0 Å². The number of benzene rings is 3. The Morgan fingerprint density at radius 1 is 1.06 bits per heavy atom. The van der Waals surface area contributed by atoms with Crippen molar-refractivity contribution in [2.75, 3.05) is 18.5 Å². The van der Waals surface area contributed by atoms with E-state index in [0.29, 0.717) is 22.4 Å². The standard InChI is InChI=1S/C29H31ClN4OS/c1-29(2,3)21-12-10-19(11-13-21)16-17-31-28(36)33-26-27(35)34(4)24-15-14-22(30)18-23(24)25(32-26)20-8-6-5-7-9-20/h5-15,18,26H,16-17H2,1-4H3,(H2,31,33,36). The molecule has 1 atom stereocenters. The first-order chi connectivity index (χ1) is 17.1. The predicted molar refractivity (Wildman–Crippen MR) is 153 cm³/mol. The minimum Gasteiger partial charge on any atom is -0.362 e. The number of anilines is 1. The number of halogens is 1. The summed E-state index contributed by atoms with van der Waals surface area (Å²) < 4.78 is 0. The number of nitrogens with one attached hydrogen (secondary N) is 2. The van der Waals surface area contributed by atoms with E-state index < -0.39 is 6.17 Å². The largest absolute Gasteiger partial charge is 0.362 e. The molecule has 0 bridgehead atoms. The fourth-order valence-corrected chi connectivity index (χ4v) is 4.52. The van der Waals surface area contributed by atoms with Gasteiger partial charge >= 0.3 is 0 Å². The van der Waals surface area contributed by atoms with E-state index in [2.05, 4.69) is 55.7 Å². The molecule has 3 aromatic rings. The number of hydrogen-bond acceptors (Lipinski definition) is 3. The third-order valence-corrected chi connectivity index (χ3v) is 6.73. The molecule has 1 amide bonds. The maximum atomic E-state index is 13.3. The van der Waals surface area contributed by atoms with Crippen LogP contribution in [0.2, 0.25) is 5.02 Å². The Morgan fingerprint density at radius 2 is 1.75 bits per heavy atom. The van der Waals surface area contributed by atoms with Crippen LogP contribution in [-0.2, 0) is 16.6 Å². The number of carbonyl (C=O) groups is 1. The normalized spacial score (nSPS) is 15.6. The number of hydrogen-bond donors (Lipinski definition) is 2. The zero-order valence-electron chi connectivity index (χ0n) is 21.0. The van der Waals surface area contributed by atoms with E-state index in [-0.39, 0.29) is 11.3 Å². The summed E-state index contributed by atoms with van der Waals surface area (Å²) in [6, 6.07) is 23.9. The van der Waals surface area contributed by atoms with Crippen molar-refractivity contribution in [2.45, 2.75) is 38.8 Å². The quantitative estimate of drug-likeness (QED) is 0.439. The summed E-state index contributed by atoms with van der Waals surface area (Å²) in [5.41, 5.74) is 5.78. The van der Waals surface area contributed by atoms with E-state index in [9.17, 15) is 4.79 Å². The molecule has 5 nitrogen and oxygen atoms in total. The lowest BCUT2D eigenvalue weighted by Crippen LogP contribution is -2.49. The number of aliphatic imine (C=N–C) groups is 1. The number of rotatable bonds is 5. The van der Waals surface area contributed by atoms with Crippen LogP contribution in [-0.4, -0.2) is 36.5 Å². The van der Waals surface area contributed by atoms with Gasteiger partial charge in [0.25, 0.3) is 5.91 Å². The minimum atomic E-state index is -0.873. The summed E-state index contributed by atoms with van der Waals surface area (Å²) in [5.74, 6) is -0.202. The van der Waals surface area contributed by atoms with Gasteiger partial charge in [-0.2, -0.15) is 0 Å². The van der Waals surface area contributed by atoms with Gasteiger partial charge < -0.3 is 15.5 Å². The molecule has 2 N–H and O–H groups in total. The molecule has 0 aromatic heterocycles. The van der Waals surface area contributed by atoms with E-state index in [4.69, 9.17) is 28.8 Å². The van der Waals surface area contributed by atoms with E-state index in [1.807, 2.05) is 42.5 Å². The molecule has 1 unspecified atom stereocenters. The summed E-state index contributed by atoms with van der Waals surface area (Å²) in [7, 11) is 1.74. The molecule has 0 radical (unpaired) electrons. The van der Waals surface area contributed by atoms with Crippen LogP contribution >= 0.6 is 23.8 Å². The highest BCUT2D eigenvalue weighted by molar-refractivity contribution is 7.80. The number of nitrogens with zero attached hydrogens (tertiary/aromatic N) is 2. The van der Waals surface area contributed by atoms with Crippen molar-refractivity contribution in [3.63, 3.8) is 0 Å². The number of thiocarbonyl (C=S) groups is 1. The van der Waals surface area contributed by atoms with Crippen molar-refractivity contribution < 1.29 is 4.79 Å². The average Bonchev–Trinajstić information content (AvgIpc) is 2.94. The van der Waals surface area contributed by atoms with Crippen LogP contribution in [0, 0.1) is 0 Å². The lowest BCUT2D eigenvalue weighted by atomic mass is 9.86. The molecule has 1 heterocycles. The zero-order chi connectivity index (χ0) is 25.9. The Kier molecular flexibility index (Phi) is 7.76. The molecule has 0 saturated heterocycles. The summed E-state index contributed by atoms with van der Waals surface area (Å²) in [4.78, 5) is 19.8. The topological polar surface area (TPSA) is 56.7 Å². The second-order valence-electron chi connectivity index (χ2n) is 9.90. The van der Waals surface area contributed by atoms with Crippen LogP contribution in [0.1, 0.15) is 43.0 Å². The lowest BCUT2D eigenvalue weighted by Gasteiger charge is -2.22. The number of carbonyl (C=O) groups excluding carboxylic acids is 1. The number of fused-ring (bicyclic) bond motifs is 1. The van der Waals surface area contributed by atoms with Gasteiger partial charge in [0.05, 0.1) is 11.4 Å². The van der Waals surface area contributed by atoms with Crippen molar-refractivity contribution in [3.05, 3.63) is 100 Å². The first-order valence-corrected chi connectivity index (χ1v) is 12.8. The molecule has 0 saturated carbocycles. The first kappa shape index (κ1) is 25.9. The zero-order valence-corrected chi connectivity index (χ0v) is 22.6. The number of amides is 1. The van der Waals surface area contributed by atoms with Gasteiger partial charge in [0, 0.05) is 29.7 Å². The van der Waals surface area contributed by atoms with Crippen LogP contribution in [0.15, 0.2) is 77.8 Å². The van der Waals surface area contributed by atoms with Crippen molar-refractivity contribution in [1.29, 1.82) is 0 Å². The smallest absolute Gasteiger partial charge is 0.272 e. The molecule has 0 aliphatic carbocycles. The van der Waals surface area contributed by atoms with Crippen molar-refractivity contribution in [3.8, 4) is 0 Å². The lowest BCUT2D eigenvalue weighted by molar-refractivity contribution is -0.119. The van der Waals surface area contributed by atoms with Crippen LogP contribution in [0.3, 0.4) is 0 Å². The SMILES string of the molecule is CN1C(=O)C(NC(=S)NCCc2ccc(C(C)(C)C)cc2)N=C(c2ccccc2)c2cc(Cl)ccc21. The van der Waals surface area contributed by atoms with Crippen molar-refractivity contribution in [2.24, 2.45) is 4.99 Å². The summed E-state index contributed by atoms with van der Waals surface area (Å²) >= 11 is 11.9. The molecular formula is C29H31ClN4OS. The number of benzodiazepines with no additional fused rings is 1. The van der Waals surface area contributed by atoms with E-state index in [1.165, 1.54) is 11.1 Å². The molecule has 1 aliphatic heterocycles. The molecule has 0 spiro atoms. The Hall–Kier alpha value is -3.22. The molecule has 186 valence electrons. The molecule has 4 rings (SSSR count). The van der Waals surface area contributed by atoms with Gasteiger partial charge in [-0.1, -0.05) is 87.0 Å². The van der Waals surface area contributed by atoms with Crippen LogP contribution in [0.25, 0.3) is 0 Å². The van der Waals surface area contributed by atoms with Gasteiger partial charge in [-0.15, -0.1) is 0 Å². The van der Waals surface area contributed by atoms with E-state index in [0.717, 1.165) is 23.2 Å². The van der Waals surface area contributed by atoms with E-state index in [1.54, 1.807) is 18.0 Å². The maximum absolute atomic E-state index is 13.3. The van der Waals surface area contributed by atoms with Crippen molar-refractivity contribution >= 4 is 46.2 Å². The summed E-state index contributed by atoms with van der Waals surface area (Å²) in [6.45, 7) is 7.26. The molecule has 3 aromatic carbocycles. The van der Waals surface area contributed by atoms with Gasteiger partial charge in [-0.25, -0.2) is 4.99 Å². The molecule has 7 heteroatoms. The maximum Gasteiger partial charge on any atom is 0.272 e. The fourth-order valence-electron chi connectivity index (χ4n) is 4.13.